The average Bonchev–Trinajstić information content (AvgIpc) is 3.28. The van der Waals surface area contributed by atoms with Crippen LogP contribution in [-0.4, -0.2) is 28.1 Å². The van der Waals surface area contributed by atoms with Gasteiger partial charge in [-0.3, -0.25) is 14.7 Å². The van der Waals surface area contributed by atoms with Gasteiger partial charge in [0.2, 0.25) is 5.91 Å². The smallest absolute Gasteiger partial charge is 0.272 e. The summed E-state index contributed by atoms with van der Waals surface area (Å²) >= 11 is 0. The van der Waals surface area contributed by atoms with E-state index in [0.717, 1.165) is 22.4 Å². The molecule has 4 rings (SSSR count). The number of carbonyl (C=O) groups is 2. The van der Waals surface area contributed by atoms with E-state index >= 15 is 0 Å². The molecule has 2 amide bonds. The average molecular weight is 374 g/mol. The summed E-state index contributed by atoms with van der Waals surface area (Å²) in [7, 11) is 0. The molecule has 1 aliphatic rings. The van der Waals surface area contributed by atoms with Crippen molar-refractivity contribution in [1.82, 2.24) is 20.8 Å². The fourth-order valence-corrected chi connectivity index (χ4v) is 3.75. The fraction of sp³-hybridized carbons (Fsp3) is 0.227. The van der Waals surface area contributed by atoms with E-state index in [4.69, 9.17) is 0 Å². The highest BCUT2D eigenvalue weighted by Gasteiger charge is 2.34. The standard InChI is InChI=1S/C22H22N4O2/c1-14(27)23-21-18-10-6-5-9-16(18)12-19(21)24-22(28)20-13-17(25-26-20)11-15-7-3-2-4-8-15/h2-10,13,19,21H,11-12H2,1H3,(H,23,27)(H,24,28)(H,25,26)/t19-,21-/m1/s1. The Balaban J connectivity index is 1.47. The third-order valence-corrected chi connectivity index (χ3v) is 5.01. The van der Waals surface area contributed by atoms with E-state index in [1.54, 1.807) is 6.07 Å². The maximum absolute atomic E-state index is 12.7. The van der Waals surface area contributed by atoms with Gasteiger partial charge >= 0.3 is 0 Å². The molecule has 0 saturated carbocycles. The van der Waals surface area contributed by atoms with Crippen LogP contribution in [0.25, 0.3) is 0 Å². The Hall–Kier alpha value is -3.41. The lowest BCUT2D eigenvalue weighted by molar-refractivity contribution is -0.119. The van der Waals surface area contributed by atoms with Crippen molar-refractivity contribution in [1.29, 1.82) is 0 Å². The minimum absolute atomic E-state index is 0.120. The molecule has 0 aliphatic heterocycles. The second kappa shape index (κ2) is 7.68. The molecular formula is C22H22N4O2. The summed E-state index contributed by atoms with van der Waals surface area (Å²) in [5, 5.41) is 13.1. The van der Waals surface area contributed by atoms with Crippen LogP contribution in [0.2, 0.25) is 0 Å². The van der Waals surface area contributed by atoms with E-state index in [-0.39, 0.29) is 23.9 Å². The molecule has 1 heterocycles. The number of hydrogen-bond acceptors (Lipinski definition) is 3. The number of rotatable bonds is 5. The van der Waals surface area contributed by atoms with Crippen molar-refractivity contribution in [3.05, 3.63) is 88.7 Å². The Morgan fingerprint density at radius 3 is 2.61 bits per heavy atom. The third-order valence-electron chi connectivity index (χ3n) is 5.01. The quantitative estimate of drug-likeness (QED) is 0.641. The molecule has 6 nitrogen and oxygen atoms in total. The Kier molecular flexibility index (Phi) is 4.93. The molecule has 2 atom stereocenters. The number of H-pyrrole nitrogens is 1. The first-order chi connectivity index (χ1) is 13.6. The number of nitrogens with zero attached hydrogens (tertiary/aromatic N) is 1. The van der Waals surface area contributed by atoms with Crippen molar-refractivity contribution < 1.29 is 9.59 Å². The van der Waals surface area contributed by atoms with Gasteiger partial charge in [-0.25, -0.2) is 0 Å². The zero-order valence-electron chi connectivity index (χ0n) is 15.6. The first-order valence-corrected chi connectivity index (χ1v) is 9.34. The van der Waals surface area contributed by atoms with Crippen LogP contribution in [0.15, 0.2) is 60.7 Å². The van der Waals surface area contributed by atoms with Crippen LogP contribution in [0.5, 0.6) is 0 Å². The van der Waals surface area contributed by atoms with Crippen LogP contribution in [0.1, 0.15) is 45.8 Å². The summed E-state index contributed by atoms with van der Waals surface area (Å²) in [6.45, 7) is 1.49. The van der Waals surface area contributed by atoms with Crippen molar-refractivity contribution in [3.63, 3.8) is 0 Å². The number of aromatic amines is 1. The van der Waals surface area contributed by atoms with Gasteiger partial charge in [0, 0.05) is 19.0 Å². The lowest BCUT2D eigenvalue weighted by Gasteiger charge is -2.22. The molecule has 0 unspecified atom stereocenters. The normalized spacial score (nSPS) is 17.8. The van der Waals surface area contributed by atoms with Crippen molar-refractivity contribution in [2.24, 2.45) is 0 Å². The molecule has 1 aromatic heterocycles. The zero-order valence-corrected chi connectivity index (χ0v) is 15.6. The minimum atomic E-state index is -0.247. The Morgan fingerprint density at radius 2 is 1.82 bits per heavy atom. The second-order valence-electron chi connectivity index (χ2n) is 7.10. The number of aromatic nitrogens is 2. The van der Waals surface area contributed by atoms with E-state index in [1.807, 2.05) is 54.6 Å². The second-order valence-corrected chi connectivity index (χ2v) is 7.10. The summed E-state index contributed by atoms with van der Waals surface area (Å²) < 4.78 is 0. The van der Waals surface area contributed by atoms with Crippen molar-refractivity contribution >= 4 is 11.8 Å². The monoisotopic (exact) mass is 374 g/mol. The van der Waals surface area contributed by atoms with Gasteiger partial charge in [0.15, 0.2) is 0 Å². The van der Waals surface area contributed by atoms with Crippen LogP contribution in [0.4, 0.5) is 0 Å². The Morgan fingerprint density at radius 1 is 1.07 bits per heavy atom. The summed E-state index contributed by atoms with van der Waals surface area (Å²) in [6, 6.07) is 19.3. The predicted octanol–water partition coefficient (Wildman–Crippen LogP) is 2.53. The number of benzene rings is 2. The molecule has 0 spiro atoms. The van der Waals surface area contributed by atoms with Gasteiger partial charge in [0.05, 0.1) is 12.1 Å². The van der Waals surface area contributed by atoms with Gasteiger partial charge < -0.3 is 10.6 Å². The molecule has 2 aromatic carbocycles. The van der Waals surface area contributed by atoms with E-state index in [9.17, 15) is 9.59 Å². The predicted molar refractivity (Wildman–Crippen MR) is 106 cm³/mol. The maximum Gasteiger partial charge on any atom is 0.272 e. The molecule has 28 heavy (non-hydrogen) atoms. The van der Waals surface area contributed by atoms with E-state index in [1.165, 1.54) is 6.92 Å². The highest BCUT2D eigenvalue weighted by atomic mass is 16.2. The molecule has 0 radical (unpaired) electrons. The number of amides is 2. The summed E-state index contributed by atoms with van der Waals surface area (Å²) in [5.41, 5.74) is 4.57. The molecular weight excluding hydrogens is 352 g/mol. The maximum atomic E-state index is 12.7. The van der Waals surface area contributed by atoms with Crippen LogP contribution in [0, 0.1) is 0 Å². The molecule has 0 saturated heterocycles. The summed E-state index contributed by atoms with van der Waals surface area (Å²) in [6.07, 6.45) is 1.36. The number of fused-ring (bicyclic) bond motifs is 1. The largest absolute Gasteiger partial charge is 0.347 e. The molecule has 0 bridgehead atoms. The van der Waals surface area contributed by atoms with Crippen LogP contribution >= 0.6 is 0 Å². The molecule has 3 N–H and O–H groups in total. The van der Waals surface area contributed by atoms with Crippen molar-refractivity contribution in [2.75, 3.05) is 0 Å². The number of carbonyl (C=O) groups excluding carboxylic acids is 2. The van der Waals surface area contributed by atoms with Gasteiger partial charge in [0.1, 0.15) is 5.69 Å². The highest BCUT2D eigenvalue weighted by molar-refractivity contribution is 5.92. The minimum Gasteiger partial charge on any atom is -0.347 e. The van der Waals surface area contributed by atoms with Gasteiger partial charge in [0.25, 0.3) is 5.91 Å². The Labute approximate surface area is 163 Å². The topological polar surface area (TPSA) is 86.9 Å². The zero-order chi connectivity index (χ0) is 19.5. The third kappa shape index (κ3) is 3.81. The van der Waals surface area contributed by atoms with Gasteiger partial charge in [-0.1, -0.05) is 54.6 Å². The first-order valence-electron chi connectivity index (χ1n) is 9.34. The summed E-state index contributed by atoms with van der Waals surface area (Å²) in [5.74, 6) is -0.366. The molecule has 6 heteroatoms. The molecule has 142 valence electrons. The van der Waals surface area contributed by atoms with Crippen LogP contribution in [0.3, 0.4) is 0 Å². The van der Waals surface area contributed by atoms with Crippen LogP contribution < -0.4 is 10.6 Å². The Bertz CT molecular complexity index is 997. The lowest BCUT2D eigenvalue weighted by Crippen LogP contribution is -2.44. The fourth-order valence-electron chi connectivity index (χ4n) is 3.75. The number of hydrogen-bond donors (Lipinski definition) is 3. The lowest BCUT2D eigenvalue weighted by atomic mass is 10.1. The highest BCUT2D eigenvalue weighted by Crippen LogP contribution is 2.31. The van der Waals surface area contributed by atoms with Gasteiger partial charge in [-0.05, 0) is 29.2 Å². The van der Waals surface area contributed by atoms with Gasteiger partial charge in [-0.15, -0.1) is 0 Å². The van der Waals surface area contributed by atoms with Crippen LogP contribution in [-0.2, 0) is 17.6 Å². The molecule has 1 aliphatic carbocycles. The van der Waals surface area contributed by atoms with Crippen molar-refractivity contribution in [2.45, 2.75) is 31.8 Å². The molecule has 3 aromatic rings. The van der Waals surface area contributed by atoms with Crippen molar-refractivity contribution in [3.8, 4) is 0 Å². The van der Waals surface area contributed by atoms with E-state index < -0.39 is 0 Å². The first kappa shape index (κ1) is 18.0. The summed E-state index contributed by atoms with van der Waals surface area (Å²) in [4.78, 5) is 24.4. The van der Waals surface area contributed by atoms with Gasteiger partial charge in [-0.2, -0.15) is 5.10 Å². The molecule has 0 fully saturated rings. The van der Waals surface area contributed by atoms with E-state index in [0.29, 0.717) is 18.5 Å². The SMILES string of the molecule is CC(=O)N[C@@H]1c2ccccc2C[C@H]1NC(=O)c1cc(Cc2ccccc2)[nH]n1. The van der Waals surface area contributed by atoms with E-state index in [2.05, 4.69) is 20.8 Å². The number of nitrogens with one attached hydrogen (secondary N) is 3.